The van der Waals surface area contributed by atoms with Gasteiger partial charge in [-0.25, -0.2) is 0 Å². The SMILES string of the molecule is OCC(F)(F)c1cccc(C(F)(F)C(F)(F)F)c1. The summed E-state index contributed by atoms with van der Waals surface area (Å²) >= 11 is 0. The fraction of sp³-hybridized carbons (Fsp3) is 0.400. The summed E-state index contributed by atoms with van der Waals surface area (Å²) < 4.78 is 87.9. The maximum Gasteiger partial charge on any atom is 0.458 e. The van der Waals surface area contributed by atoms with Crippen molar-refractivity contribution < 1.29 is 35.8 Å². The van der Waals surface area contributed by atoms with Gasteiger partial charge in [0, 0.05) is 11.1 Å². The van der Waals surface area contributed by atoms with Crippen molar-refractivity contribution in [1.29, 1.82) is 0 Å². The lowest BCUT2D eigenvalue weighted by atomic mass is 10.0. The molecule has 0 atom stereocenters. The smallest absolute Gasteiger partial charge is 0.390 e. The zero-order valence-electron chi connectivity index (χ0n) is 8.61. The standard InChI is InChI=1S/C10H7F7O/c11-8(12,5-18)6-2-1-3-7(4-6)9(13,14)10(15,16)17/h1-4,18H,5H2. The van der Waals surface area contributed by atoms with Gasteiger partial charge >= 0.3 is 12.1 Å². The van der Waals surface area contributed by atoms with E-state index < -0.39 is 35.8 Å². The minimum absolute atomic E-state index is 0.0315. The van der Waals surface area contributed by atoms with E-state index in [4.69, 9.17) is 5.11 Å². The molecule has 18 heavy (non-hydrogen) atoms. The quantitative estimate of drug-likeness (QED) is 0.839. The second-order valence-electron chi connectivity index (χ2n) is 3.52. The summed E-state index contributed by atoms with van der Waals surface area (Å²) in [5.41, 5.74) is -2.70. The predicted molar refractivity (Wildman–Crippen MR) is 47.4 cm³/mol. The van der Waals surface area contributed by atoms with Gasteiger partial charge in [-0.05, 0) is 6.07 Å². The predicted octanol–water partition coefficient (Wildman–Crippen LogP) is 3.42. The van der Waals surface area contributed by atoms with Gasteiger partial charge in [0.15, 0.2) is 0 Å². The Labute approximate surface area is 96.8 Å². The lowest BCUT2D eigenvalue weighted by Gasteiger charge is -2.21. The summed E-state index contributed by atoms with van der Waals surface area (Å²) in [7, 11) is 0. The third kappa shape index (κ3) is 2.58. The number of alkyl halides is 7. The van der Waals surface area contributed by atoms with Crippen molar-refractivity contribution in [3.05, 3.63) is 35.4 Å². The van der Waals surface area contributed by atoms with Gasteiger partial charge in [0.05, 0.1) is 0 Å². The van der Waals surface area contributed by atoms with Crippen molar-refractivity contribution in [1.82, 2.24) is 0 Å². The van der Waals surface area contributed by atoms with Crippen LogP contribution in [0.3, 0.4) is 0 Å². The average molecular weight is 276 g/mol. The Morgan fingerprint density at radius 1 is 0.889 bits per heavy atom. The molecule has 0 bridgehead atoms. The summed E-state index contributed by atoms with van der Waals surface area (Å²) in [6, 6.07) is 1.73. The van der Waals surface area contributed by atoms with Crippen molar-refractivity contribution in [3.63, 3.8) is 0 Å². The molecule has 0 amide bonds. The molecule has 1 nitrogen and oxygen atoms in total. The number of benzene rings is 1. The molecule has 1 aromatic carbocycles. The van der Waals surface area contributed by atoms with E-state index in [2.05, 4.69) is 0 Å². The third-order valence-electron chi connectivity index (χ3n) is 2.20. The highest BCUT2D eigenvalue weighted by molar-refractivity contribution is 5.30. The van der Waals surface area contributed by atoms with Crippen LogP contribution in [0, 0.1) is 0 Å². The molecule has 1 rings (SSSR count). The van der Waals surface area contributed by atoms with Gasteiger partial charge < -0.3 is 5.11 Å². The summed E-state index contributed by atoms with van der Waals surface area (Å²) in [6.45, 7) is -1.69. The van der Waals surface area contributed by atoms with E-state index in [1.165, 1.54) is 0 Å². The highest BCUT2D eigenvalue weighted by Gasteiger charge is 2.58. The van der Waals surface area contributed by atoms with Crippen molar-refractivity contribution in [2.24, 2.45) is 0 Å². The Morgan fingerprint density at radius 2 is 1.39 bits per heavy atom. The third-order valence-corrected chi connectivity index (χ3v) is 2.20. The number of hydrogen-bond donors (Lipinski definition) is 1. The minimum atomic E-state index is -5.87. The van der Waals surface area contributed by atoms with Crippen LogP contribution in [0.15, 0.2) is 24.3 Å². The number of aliphatic hydroxyl groups is 1. The van der Waals surface area contributed by atoms with Crippen molar-refractivity contribution in [3.8, 4) is 0 Å². The fourth-order valence-electron chi connectivity index (χ4n) is 1.20. The molecule has 0 unspecified atom stereocenters. The van der Waals surface area contributed by atoms with Crippen LogP contribution in [-0.2, 0) is 11.8 Å². The van der Waals surface area contributed by atoms with Crippen LogP contribution in [0.1, 0.15) is 11.1 Å². The zero-order chi connectivity index (χ0) is 14.2. The second-order valence-corrected chi connectivity index (χ2v) is 3.52. The first-order valence-electron chi connectivity index (χ1n) is 4.56. The summed E-state index contributed by atoms with van der Waals surface area (Å²) in [6.07, 6.45) is -5.87. The van der Waals surface area contributed by atoms with E-state index in [1.807, 2.05) is 0 Å². The number of hydrogen-bond acceptors (Lipinski definition) is 1. The molecule has 1 aromatic rings. The van der Waals surface area contributed by atoms with Gasteiger partial charge in [-0.1, -0.05) is 18.2 Å². The molecule has 0 aromatic heterocycles. The lowest BCUT2D eigenvalue weighted by Crippen LogP contribution is -2.34. The van der Waals surface area contributed by atoms with Crippen molar-refractivity contribution >= 4 is 0 Å². The normalized spacial score (nSPS) is 13.8. The molecular weight excluding hydrogens is 269 g/mol. The van der Waals surface area contributed by atoms with Crippen molar-refractivity contribution in [2.75, 3.05) is 6.61 Å². The molecule has 0 heterocycles. The maximum atomic E-state index is 13.0. The largest absolute Gasteiger partial charge is 0.458 e. The molecule has 0 aliphatic carbocycles. The number of aliphatic hydroxyl groups excluding tert-OH is 1. The Morgan fingerprint density at radius 3 is 1.83 bits per heavy atom. The Hall–Kier alpha value is -1.31. The van der Waals surface area contributed by atoms with Gasteiger partial charge in [0.25, 0.3) is 5.92 Å². The van der Waals surface area contributed by atoms with Crippen LogP contribution in [0.4, 0.5) is 30.7 Å². The van der Waals surface area contributed by atoms with Crippen LogP contribution in [0.5, 0.6) is 0 Å². The first-order valence-corrected chi connectivity index (χ1v) is 4.56. The molecule has 0 aliphatic rings. The maximum absolute atomic E-state index is 13.0. The van der Waals surface area contributed by atoms with E-state index in [9.17, 15) is 30.7 Å². The number of rotatable bonds is 3. The van der Waals surface area contributed by atoms with Crippen LogP contribution in [0.2, 0.25) is 0 Å². The van der Waals surface area contributed by atoms with Crippen LogP contribution >= 0.6 is 0 Å². The topological polar surface area (TPSA) is 20.2 Å². The summed E-state index contributed by atoms with van der Waals surface area (Å²) in [5, 5.41) is 8.34. The summed E-state index contributed by atoms with van der Waals surface area (Å²) in [4.78, 5) is 0. The highest BCUT2D eigenvalue weighted by atomic mass is 19.4. The van der Waals surface area contributed by atoms with Gasteiger partial charge in [-0.2, -0.15) is 30.7 Å². The highest BCUT2D eigenvalue weighted by Crippen LogP contribution is 2.44. The molecule has 0 radical (unpaired) electrons. The Kier molecular flexibility index (Phi) is 3.62. The first kappa shape index (κ1) is 14.7. The van der Waals surface area contributed by atoms with E-state index >= 15 is 0 Å². The van der Waals surface area contributed by atoms with Gasteiger partial charge in [-0.15, -0.1) is 0 Å². The molecular formula is C10H7F7O. The zero-order valence-corrected chi connectivity index (χ0v) is 8.61. The molecule has 0 aliphatic heterocycles. The number of halogens is 7. The molecule has 102 valence electrons. The second kappa shape index (κ2) is 4.42. The van der Waals surface area contributed by atoms with Gasteiger partial charge in [0.2, 0.25) is 0 Å². The fourth-order valence-corrected chi connectivity index (χ4v) is 1.20. The Balaban J connectivity index is 3.26. The van der Waals surface area contributed by atoms with Crippen LogP contribution in [0.25, 0.3) is 0 Å². The molecule has 0 saturated carbocycles. The first-order chi connectivity index (χ1) is 8.02. The Bertz CT molecular complexity index is 424. The van der Waals surface area contributed by atoms with E-state index in [-0.39, 0.29) is 6.07 Å². The van der Waals surface area contributed by atoms with E-state index in [0.29, 0.717) is 18.2 Å². The average Bonchev–Trinajstić information content (AvgIpc) is 2.27. The molecule has 0 saturated heterocycles. The van der Waals surface area contributed by atoms with E-state index in [0.717, 1.165) is 0 Å². The van der Waals surface area contributed by atoms with Crippen molar-refractivity contribution in [2.45, 2.75) is 18.0 Å². The molecule has 0 fully saturated rings. The van der Waals surface area contributed by atoms with Crippen LogP contribution in [-0.4, -0.2) is 17.9 Å². The summed E-state index contributed by atoms with van der Waals surface area (Å²) in [5.74, 6) is -9.10. The minimum Gasteiger partial charge on any atom is -0.390 e. The lowest BCUT2D eigenvalue weighted by molar-refractivity contribution is -0.289. The molecule has 8 heteroatoms. The van der Waals surface area contributed by atoms with Gasteiger partial charge in [-0.3, -0.25) is 0 Å². The van der Waals surface area contributed by atoms with E-state index in [1.54, 1.807) is 0 Å². The van der Waals surface area contributed by atoms with Crippen LogP contribution < -0.4 is 0 Å². The van der Waals surface area contributed by atoms with Gasteiger partial charge in [0.1, 0.15) is 6.61 Å². The molecule has 1 N–H and O–H groups in total. The monoisotopic (exact) mass is 276 g/mol. The molecule has 0 spiro atoms.